The van der Waals surface area contributed by atoms with E-state index in [-0.39, 0.29) is 12.3 Å². The minimum Gasteiger partial charge on any atom is -0.344 e. The van der Waals surface area contributed by atoms with E-state index in [0.29, 0.717) is 17.7 Å². The topological polar surface area (TPSA) is 104 Å². The van der Waals surface area contributed by atoms with Gasteiger partial charge in [0.15, 0.2) is 5.78 Å². The summed E-state index contributed by atoms with van der Waals surface area (Å²) in [5.74, 6) is -2.85. The third kappa shape index (κ3) is 4.99. The van der Waals surface area contributed by atoms with Crippen molar-refractivity contribution < 1.29 is 24.0 Å². The molecule has 0 unspecified atom stereocenters. The number of unbranched alkanes of at least 4 members (excludes halogenated alkanes) is 1. The fraction of sp³-hybridized carbons (Fsp3) is 0.421. The summed E-state index contributed by atoms with van der Waals surface area (Å²) in [6, 6.07) is 7.59. The van der Waals surface area contributed by atoms with Gasteiger partial charge in [-0.05, 0) is 25.3 Å². The van der Waals surface area contributed by atoms with Crippen LogP contribution >= 0.6 is 0 Å². The molecule has 0 radical (unpaired) electrons. The summed E-state index contributed by atoms with van der Waals surface area (Å²) in [6.45, 7) is 2.80. The van der Waals surface area contributed by atoms with Crippen LogP contribution in [0.2, 0.25) is 0 Å². The maximum Gasteiger partial charge on any atom is 0.334 e. The van der Waals surface area contributed by atoms with Crippen molar-refractivity contribution in [2.24, 2.45) is 0 Å². The molecule has 2 rings (SSSR count). The number of hydrogen-bond acceptors (Lipinski definition) is 5. The van der Waals surface area contributed by atoms with Gasteiger partial charge in [0, 0.05) is 6.54 Å². The number of imide groups is 2. The number of nitrogens with one attached hydrogen (secondary N) is 1. The maximum atomic E-state index is 12.3. The van der Waals surface area contributed by atoms with Crippen LogP contribution in [0.4, 0.5) is 4.79 Å². The highest BCUT2D eigenvalue weighted by Crippen LogP contribution is 2.13. The molecule has 144 valence electrons. The standard InChI is InChI=1S/C19H23N3O5/c1-3-4-10-21-17(25)18(26)22(19(21)27)12-16(24)20-15(13(2)23)11-14-8-6-5-7-9-14/h5-9,15H,3-4,10-12H2,1-2H3,(H,20,24)/t15-/m1/s1. The summed E-state index contributed by atoms with van der Waals surface area (Å²) in [5, 5.41) is 2.54. The molecule has 0 aliphatic carbocycles. The third-order valence-corrected chi connectivity index (χ3v) is 4.28. The SMILES string of the molecule is CCCCN1C(=O)C(=O)N(CC(=O)N[C@H](Cc2ccccc2)C(C)=O)C1=O. The van der Waals surface area contributed by atoms with Crippen LogP contribution in [0.15, 0.2) is 30.3 Å². The van der Waals surface area contributed by atoms with Crippen molar-refractivity contribution in [2.45, 2.75) is 39.2 Å². The number of amides is 5. The van der Waals surface area contributed by atoms with Crippen LogP contribution in [0, 0.1) is 0 Å². The number of nitrogens with zero attached hydrogens (tertiary/aromatic N) is 2. The summed E-state index contributed by atoms with van der Waals surface area (Å²) in [4.78, 5) is 61.8. The Morgan fingerprint density at radius 3 is 2.26 bits per heavy atom. The Kier molecular flexibility index (Phi) is 6.81. The molecule has 0 saturated carbocycles. The molecule has 1 fully saturated rings. The molecule has 1 heterocycles. The van der Waals surface area contributed by atoms with Gasteiger partial charge in [0.1, 0.15) is 6.54 Å². The van der Waals surface area contributed by atoms with E-state index in [0.717, 1.165) is 16.9 Å². The molecule has 8 nitrogen and oxygen atoms in total. The molecule has 1 aliphatic heterocycles. The highest BCUT2D eigenvalue weighted by Gasteiger charge is 2.44. The van der Waals surface area contributed by atoms with Gasteiger partial charge in [-0.3, -0.25) is 24.1 Å². The van der Waals surface area contributed by atoms with E-state index in [1.807, 2.05) is 37.3 Å². The van der Waals surface area contributed by atoms with Gasteiger partial charge in [0.05, 0.1) is 6.04 Å². The Bertz CT molecular complexity index is 747. The summed E-state index contributed by atoms with van der Waals surface area (Å²) < 4.78 is 0. The molecule has 0 spiro atoms. The van der Waals surface area contributed by atoms with Gasteiger partial charge in [-0.2, -0.15) is 0 Å². The first-order chi connectivity index (χ1) is 12.8. The summed E-state index contributed by atoms with van der Waals surface area (Å²) in [7, 11) is 0. The molecule has 1 N–H and O–H groups in total. The molecule has 1 aliphatic rings. The number of ketones is 1. The van der Waals surface area contributed by atoms with E-state index in [1.165, 1.54) is 6.92 Å². The molecular formula is C19H23N3O5. The van der Waals surface area contributed by atoms with Crippen LogP contribution in [0.5, 0.6) is 0 Å². The smallest absolute Gasteiger partial charge is 0.334 e. The van der Waals surface area contributed by atoms with Crippen molar-refractivity contribution in [3.8, 4) is 0 Å². The van der Waals surface area contributed by atoms with Crippen LogP contribution < -0.4 is 5.32 Å². The maximum absolute atomic E-state index is 12.3. The molecule has 8 heteroatoms. The lowest BCUT2D eigenvalue weighted by Gasteiger charge is -2.19. The fourth-order valence-electron chi connectivity index (χ4n) is 2.73. The predicted molar refractivity (Wildman–Crippen MR) is 96.5 cm³/mol. The zero-order valence-corrected chi connectivity index (χ0v) is 15.4. The van der Waals surface area contributed by atoms with Crippen molar-refractivity contribution in [2.75, 3.05) is 13.1 Å². The number of urea groups is 1. The Morgan fingerprint density at radius 1 is 1.04 bits per heavy atom. The van der Waals surface area contributed by atoms with E-state index in [9.17, 15) is 24.0 Å². The first-order valence-electron chi connectivity index (χ1n) is 8.86. The van der Waals surface area contributed by atoms with Crippen LogP contribution in [-0.2, 0) is 25.6 Å². The molecule has 5 amide bonds. The molecular weight excluding hydrogens is 350 g/mol. The number of hydrogen-bond donors (Lipinski definition) is 1. The number of rotatable bonds is 9. The molecule has 1 aromatic rings. The molecule has 1 saturated heterocycles. The molecule has 0 bridgehead atoms. The lowest BCUT2D eigenvalue weighted by Crippen LogP contribution is -2.47. The summed E-state index contributed by atoms with van der Waals surface area (Å²) in [5.41, 5.74) is 0.868. The van der Waals surface area contributed by atoms with E-state index in [1.54, 1.807) is 0 Å². The zero-order chi connectivity index (χ0) is 20.0. The lowest BCUT2D eigenvalue weighted by atomic mass is 10.0. The Labute approximate surface area is 157 Å². The number of carbonyl (C=O) groups is 5. The molecule has 27 heavy (non-hydrogen) atoms. The van der Waals surface area contributed by atoms with E-state index >= 15 is 0 Å². The quantitative estimate of drug-likeness (QED) is 0.511. The first kappa shape index (κ1) is 20.3. The number of carbonyl (C=O) groups excluding carboxylic acids is 5. The predicted octanol–water partition coefficient (Wildman–Crippen LogP) is 0.894. The Hall–Kier alpha value is -3.03. The van der Waals surface area contributed by atoms with E-state index in [4.69, 9.17) is 0 Å². The third-order valence-electron chi connectivity index (χ3n) is 4.28. The first-order valence-corrected chi connectivity index (χ1v) is 8.86. The number of benzene rings is 1. The molecule has 1 atom stereocenters. The van der Waals surface area contributed by atoms with Crippen LogP contribution in [-0.4, -0.2) is 58.5 Å². The van der Waals surface area contributed by atoms with Crippen molar-refractivity contribution in [3.05, 3.63) is 35.9 Å². The fourth-order valence-corrected chi connectivity index (χ4v) is 2.73. The van der Waals surface area contributed by atoms with Gasteiger partial charge in [-0.25, -0.2) is 9.69 Å². The van der Waals surface area contributed by atoms with Crippen LogP contribution in [0.3, 0.4) is 0 Å². The van der Waals surface area contributed by atoms with Crippen molar-refractivity contribution in [1.82, 2.24) is 15.1 Å². The van der Waals surface area contributed by atoms with Crippen LogP contribution in [0.1, 0.15) is 32.3 Å². The monoisotopic (exact) mass is 373 g/mol. The molecule has 0 aromatic heterocycles. The van der Waals surface area contributed by atoms with Crippen molar-refractivity contribution >= 4 is 29.5 Å². The summed E-state index contributed by atoms with van der Waals surface area (Å²) >= 11 is 0. The minimum atomic E-state index is -1.02. The van der Waals surface area contributed by atoms with E-state index in [2.05, 4.69) is 5.32 Å². The van der Waals surface area contributed by atoms with Gasteiger partial charge >= 0.3 is 17.8 Å². The minimum absolute atomic E-state index is 0.141. The average molecular weight is 373 g/mol. The summed E-state index contributed by atoms with van der Waals surface area (Å²) in [6.07, 6.45) is 1.63. The van der Waals surface area contributed by atoms with Gasteiger partial charge < -0.3 is 5.32 Å². The Morgan fingerprint density at radius 2 is 1.67 bits per heavy atom. The second kappa shape index (κ2) is 9.07. The normalized spacial score (nSPS) is 15.3. The van der Waals surface area contributed by atoms with Gasteiger partial charge in [0.25, 0.3) is 0 Å². The second-order valence-corrected chi connectivity index (χ2v) is 6.40. The zero-order valence-electron chi connectivity index (χ0n) is 15.4. The van der Waals surface area contributed by atoms with Gasteiger partial charge in [0.2, 0.25) is 5.91 Å². The van der Waals surface area contributed by atoms with Gasteiger partial charge in [-0.15, -0.1) is 0 Å². The lowest BCUT2D eigenvalue weighted by molar-refractivity contribution is -0.144. The van der Waals surface area contributed by atoms with Gasteiger partial charge in [-0.1, -0.05) is 43.7 Å². The van der Waals surface area contributed by atoms with Crippen molar-refractivity contribution in [3.63, 3.8) is 0 Å². The van der Waals surface area contributed by atoms with Crippen molar-refractivity contribution in [1.29, 1.82) is 0 Å². The largest absolute Gasteiger partial charge is 0.344 e. The number of Topliss-reactive ketones (excluding diaryl/α,β-unsaturated/α-hetero) is 1. The highest BCUT2D eigenvalue weighted by molar-refractivity contribution is 6.45. The Balaban J connectivity index is 2.00. The van der Waals surface area contributed by atoms with E-state index < -0.39 is 36.3 Å². The molecule has 1 aromatic carbocycles. The average Bonchev–Trinajstić information content (AvgIpc) is 2.84. The van der Waals surface area contributed by atoms with Crippen LogP contribution in [0.25, 0.3) is 0 Å². The second-order valence-electron chi connectivity index (χ2n) is 6.40. The highest BCUT2D eigenvalue weighted by atomic mass is 16.2.